The van der Waals surface area contributed by atoms with Gasteiger partial charge in [0.25, 0.3) is 11.1 Å². The van der Waals surface area contributed by atoms with Gasteiger partial charge in [0.2, 0.25) is 0 Å². The number of aromatic hydroxyl groups is 1. The number of carbonyl (C=O) groups excluding carboxylic acids is 1. The third-order valence-electron chi connectivity index (χ3n) is 8.60. The third kappa shape index (κ3) is 9.59. The molecule has 0 unspecified atom stereocenters. The number of carbonyl (C=O) groups is 1. The van der Waals surface area contributed by atoms with Crippen LogP contribution in [-0.2, 0) is 45.2 Å². The number of benzene rings is 4. The zero-order valence-corrected chi connectivity index (χ0v) is 32.2. The van der Waals surface area contributed by atoms with E-state index in [0.29, 0.717) is 41.5 Å². The number of hydrogen-bond acceptors (Lipinski definition) is 15. The van der Waals surface area contributed by atoms with Gasteiger partial charge in [-0.3, -0.25) is 37.3 Å². The molecule has 59 heavy (non-hydrogen) atoms. The average molecular weight is 846 g/mol. The molecule has 22 heteroatoms. The van der Waals surface area contributed by atoms with E-state index < -0.39 is 55.1 Å². The largest absolute Gasteiger partial charge is 0.508 e. The maximum Gasteiger partial charge on any atom is 0.446 e. The third-order valence-corrected chi connectivity index (χ3v) is 9.41. The molecule has 0 fully saturated rings. The van der Waals surface area contributed by atoms with Crippen molar-refractivity contribution in [1.82, 2.24) is 34.1 Å². The summed E-state index contributed by atoms with van der Waals surface area (Å²) in [4.78, 5) is 48.7. The first kappa shape index (κ1) is 40.2. The van der Waals surface area contributed by atoms with Crippen molar-refractivity contribution in [2.45, 2.75) is 39.4 Å². The first-order valence-electron chi connectivity index (χ1n) is 17.4. The van der Waals surface area contributed by atoms with E-state index in [9.17, 15) is 45.4 Å². The summed E-state index contributed by atoms with van der Waals surface area (Å²) in [5.74, 6) is -1.98. The quantitative estimate of drug-likeness (QED) is 0.0611. The van der Waals surface area contributed by atoms with Gasteiger partial charge in [-0.25, -0.2) is 9.97 Å². The lowest BCUT2D eigenvalue weighted by Crippen LogP contribution is -2.24. The van der Waals surface area contributed by atoms with Crippen molar-refractivity contribution in [1.29, 1.82) is 0 Å². The van der Waals surface area contributed by atoms with Gasteiger partial charge in [-0.2, -0.15) is 16.8 Å². The molecule has 0 aliphatic rings. The second kappa shape index (κ2) is 16.1. The molecule has 3 heterocycles. The van der Waals surface area contributed by atoms with Crippen molar-refractivity contribution in [2.24, 2.45) is 0 Å². The number of aryl methyl sites for hydroxylation is 1. The van der Waals surface area contributed by atoms with Crippen LogP contribution in [0.15, 0.2) is 101 Å². The number of fused-ring (bicyclic) bond motifs is 2. The van der Waals surface area contributed by atoms with E-state index in [1.54, 1.807) is 54.7 Å². The minimum atomic E-state index is -4.97. The van der Waals surface area contributed by atoms with Gasteiger partial charge < -0.3 is 18.2 Å². The number of hydrogen-bond donors (Lipinski definition) is 3. The second-order valence-corrected chi connectivity index (χ2v) is 15.0. The molecule has 20 nitrogen and oxygen atoms in total. The number of phenolic OH excluding ortho intramolecular Hbond substituents is 1. The van der Waals surface area contributed by atoms with E-state index >= 15 is 0 Å². The number of para-hydroxylation sites is 2. The van der Waals surface area contributed by atoms with E-state index in [1.807, 2.05) is 0 Å². The van der Waals surface area contributed by atoms with Crippen LogP contribution < -0.4 is 24.2 Å². The number of phenols is 1. The van der Waals surface area contributed by atoms with Crippen LogP contribution in [0.1, 0.15) is 25.5 Å². The highest BCUT2D eigenvalue weighted by Gasteiger charge is 2.20. The summed E-state index contributed by atoms with van der Waals surface area (Å²) < 4.78 is 83.0. The van der Waals surface area contributed by atoms with Gasteiger partial charge in [-0.15, -0.1) is 5.10 Å². The maximum atomic E-state index is 13.8. The number of ether oxygens (including phenoxy) is 1. The predicted molar refractivity (Wildman–Crippen MR) is 209 cm³/mol. The first-order chi connectivity index (χ1) is 28.0. The molecule has 0 aliphatic heterocycles. The molecule has 7 aromatic rings. The Hall–Kier alpha value is -7.01. The molecule has 0 bridgehead atoms. The summed E-state index contributed by atoms with van der Waals surface area (Å²) in [5, 5.41) is 19.3. The molecule has 3 aromatic heterocycles. The minimum absolute atomic E-state index is 0.0274. The normalized spacial score (nSPS) is 11.8. The Balaban J connectivity index is 1.14. The van der Waals surface area contributed by atoms with Crippen LogP contribution in [0.2, 0.25) is 0 Å². The number of rotatable bonds is 14. The zero-order valence-electron chi connectivity index (χ0n) is 30.6. The van der Waals surface area contributed by atoms with Crippen LogP contribution in [-0.4, -0.2) is 71.1 Å². The number of nitrogens with zero attached hydrogens (tertiary/aromatic N) is 7. The summed E-state index contributed by atoms with van der Waals surface area (Å²) in [6.07, 6.45) is 2.45. The minimum Gasteiger partial charge on any atom is -0.508 e. The standard InChI is InChI=1S/C37H31N7O13S2/c1-22(45)55-27-15-24(17-29(19-27)57-59(52,53)54)34-38-32-10-4-2-8-30(32)36(47)43(34)13-7-6-12-42-20-25(40-41-42)21-44-35(39-33-11-5-3-9-31(33)37(44)48)23-14-26(46)18-28(16-23)56-58(49,50)51/h2-5,8-11,14-20,46H,6-7,12-13,21H2,1H3,(H,49,50,51)(H,52,53,54). The van der Waals surface area contributed by atoms with E-state index in [0.717, 1.165) is 19.1 Å². The van der Waals surface area contributed by atoms with Crippen LogP contribution in [0.4, 0.5) is 0 Å². The predicted octanol–water partition coefficient (Wildman–Crippen LogP) is 3.55. The average Bonchev–Trinajstić information content (AvgIpc) is 3.60. The highest BCUT2D eigenvalue weighted by Crippen LogP contribution is 2.32. The summed E-state index contributed by atoms with van der Waals surface area (Å²) in [6, 6.07) is 20.2. The van der Waals surface area contributed by atoms with Crippen molar-refractivity contribution in [3.05, 3.63) is 118 Å². The molecule has 0 radical (unpaired) electrons. The van der Waals surface area contributed by atoms with Crippen molar-refractivity contribution >= 4 is 48.6 Å². The molecular formula is C37H31N7O13S2. The number of unbranched alkanes of at least 4 members (excludes halogenated alkanes) is 1. The van der Waals surface area contributed by atoms with Crippen LogP contribution in [0.5, 0.6) is 23.0 Å². The first-order valence-corrected chi connectivity index (χ1v) is 20.1. The smallest absolute Gasteiger partial charge is 0.446 e. The van der Waals surface area contributed by atoms with Crippen molar-refractivity contribution in [3.8, 4) is 45.8 Å². The lowest BCUT2D eigenvalue weighted by molar-refractivity contribution is -0.131. The topological polar surface area (TPSA) is 274 Å². The fourth-order valence-electron chi connectivity index (χ4n) is 6.33. The zero-order chi connectivity index (χ0) is 42.1. The van der Waals surface area contributed by atoms with Gasteiger partial charge in [0.15, 0.2) is 0 Å². The fraction of sp³-hybridized carbons (Fsp3) is 0.162. The Morgan fingerprint density at radius 2 is 1.22 bits per heavy atom. The highest BCUT2D eigenvalue weighted by atomic mass is 32.3. The summed E-state index contributed by atoms with van der Waals surface area (Å²) in [6.45, 7) is 1.42. The molecule has 0 aliphatic carbocycles. The van der Waals surface area contributed by atoms with E-state index in [4.69, 9.17) is 4.74 Å². The van der Waals surface area contributed by atoms with Crippen molar-refractivity contribution < 1.29 is 48.9 Å². The monoisotopic (exact) mass is 845 g/mol. The van der Waals surface area contributed by atoms with E-state index in [-0.39, 0.29) is 47.0 Å². The molecule has 0 atom stereocenters. The van der Waals surface area contributed by atoms with Gasteiger partial charge in [0, 0.05) is 43.3 Å². The maximum absolute atomic E-state index is 13.8. The molecule has 0 amide bonds. The Bertz CT molecular complexity index is 3130. The molecule has 0 spiro atoms. The summed E-state index contributed by atoms with van der Waals surface area (Å²) >= 11 is 0. The van der Waals surface area contributed by atoms with Crippen LogP contribution in [0, 0.1) is 0 Å². The molecular weight excluding hydrogens is 815 g/mol. The fourth-order valence-corrected chi connectivity index (χ4v) is 7.01. The highest BCUT2D eigenvalue weighted by molar-refractivity contribution is 7.81. The van der Waals surface area contributed by atoms with Crippen LogP contribution >= 0.6 is 0 Å². The van der Waals surface area contributed by atoms with Crippen molar-refractivity contribution in [2.75, 3.05) is 0 Å². The van der Waals surface area contributed by atoms with E-state index in [2.05, 4.69) is 28.6 Å². The molecule has 0 saturated heterocycles. The van der Waals surface area contributed by atoms with Gasteiger partial charge >= 0.3 is 26.8 Å². The Morgan fingerprint density at radius 1 is 0.695 bits per heavy atom. The van der Waals surface area contributed by atoms with Gasteiger partial charge in [0.05, 0.1) is 34.5 Å². The number of esters is 1. The van der Waals surface area contributed by atoms with E-state index in [1.165, 1.54) is 38.1 Å². The van der Waals surface area contributed by atoms with Crippen LogP contribution in [0.25, 0.3) is 44.6 Å². The molecule has 3 N–H and O–H groups in total. The SMILES string of the molecule is CC(=O)Oc1cc(OS(=O)(=O)O)cc(-c2nc3ccccc3c(=O)n2CCCCn2cc(Cn3c(-c4cc(O)cc(OS(=O)(=O)O)c4)nc4ccccc4c3=O)nn2)c1. The van der Waals surface area contributed by atoms with Gasteiger partial charge in [0.1, 0.15) is 40.3 Å². The summed E-state index contributed by atoms with van der Waals surface area (Å²) in [7, 11) is -9.91. The van der Waals surface area contributed by atoms with Crippen molar-refractivity contribution in [3.63, 3.8) is 0 Å². The van der Waals surface area contributed by atoms with Gasteiger partial charge in [-0.1, -0.05) is 29.5 Å². The molecule has 7 rings (SSSR count). The Labute approximate surface area is 333 Å². The molecule has 0 saturated carbocycles. The molecule has 304 valence electrons. The lowest BCUT2D eigenvalue weighted by Gasteiger charge is -2.15. The van der Waals surface area contributed by atoms with Gasteiger partial charge in [-0.05, 0) is 61.4 Å². The summed E-state index contributed by atoms with van der Waals surface area (Å²) in [5.41, 5.74) is 0.370. The van der Waals surface area contributed by atoms with Crippen LogP contribution in [0.3, 0.4) is 0 Å². The second-order valence-electron chi connectivity index (χ2n) is 13.0. The Morgan fingerprint density at radius 3 is 1.83 bits per heavy atom. The number of aromatic nitrogens is 7. The Kier molecular flexibility index (Phi) is 11.0. The lowest BCUT2D eigenvalue weighted by atomic mass is 10.1. The molecule has 4 aromatic carbocycles.